The first-order valence-electron chi connectivity index (χ1n) is 6.79. The van der Waals surface area contributed by atoms with Crippen molar-refractivity contribution in [3.05, 3.63) is 27.6 Å². The number of halogens is 1. The first-order chi connectivity index (χ1) is 9.92. The first-order valence-corrected chi connectivity index (χ1v) is 7.87. The topological polar surface area (TPSA) is 78.7 Å². The highest BCUT2D eigenvalue weighted by atomic mass is 127. The summed E-state index contributed by atoms with van der Waals surface area (Å²) in [6.45, 7) is 5.95. The van der Waals surface area contributed by atoms with Crippen LogP contribution in [0.3, 0.4) is 0 Å². The van der Waals surface area contributed by atoms with E-state index in [9.17, 15) is 4.79 Å². The SMILES string of the molecule is CC(C)Cc1nc2ccc(I)cn2c1NC(C)C(=O)NO. The quantitative estimate of drug-likeness (QED) is 0.408. The summed E-state index contributed by atoms with van der Waals surface area (Å²) in [4.78, 5) is 16.2. The number of fused-ring (bicyclic) bond motifs is 1. The summed E-state index contributed by atoms with van der Waals surface area (Å²) in [5.74, 6) is 0.774. The van der Waals surface area contributed by atoms with Crippen LogP contribution in [-0.4, -0.2) is 26.5 Å². The normalized spacial score (nSPS) is 12.7. The number of nitrogens with zero attached hydrogens (tertiary/aromatic N) is 2. The van der Waals surface area contributed by atoms with E-state index in [0.29, 0.717) is 5.92 Å². The number of hydrogen-bond acceptors (Lipinski definition) is 4. The molecule has 0 spiro atoms. The van der Waals surface area contributed by atoms with Crippen molar-refractivity contribution in [3.63, 3.8) is 0 Å². The van der Waals surface area contributed by atoms with E-state index >= 15 is 0 Å². The number of hydrogen-bond donors (Lipinski definition) is 3. The molecule has 2 rings (SSSR count). The van der Waals surface area contributed by atoms with Gasteiger partial charge in [0.05, 0.1) is 5.69 Å². The Bertz CT molecular complexity index is 654. The summed E-state index contributed by atoms with van der Waals surface area (Å²) in [5, 5.41) is 11.9. The lowest BCUT2D eigenvalue weighted by atomic mass is 10.1. The van der Waals surface area contributed by atoms with Crippen LogP contribution in [0.1, 0.15) is 26.5 Å². The molecule has 1 amide bonds. The highest BCUT2D eigenvalue weighted by Crippen LogP contribution is 2.23. The van der Waals surface area contributed by atoms with Gasteiger partial charge in [0.2, 0.25) is 0 Å². The van der Waals surface area contributed by atoms with Crippen molar-refractivity contribution < 1.29 is 10.0 Å². The van der Waals surface area contributed by atoms with Gasteiger partial charge in [0.25, 0.3) is 5.91 Å². The van der Waals surface area contributed by atoms with Crippen molar-refractivity contribution in [2.45, 2.75) is 33.2 Å². The average molecular weight is 402 g/mol. The van der Waals surface area contributed by atoms with E-state index in [0.717, 1.165) is 27.1 Å². The predicted octanol–water partition coefficient (Wildman–Crippen LogP) is 2.44. The molecule has 0 saturated carbocycles. The fourth-order valence-corrected chi connectivity index (χ4v) is 2.58. The third kappa shape index (κ3) is 3.65. The molecule has 1 atom stereocenters. The fraction of sp³-hybridized carbons (Fsp3) is 0.429. The van der Waals surface area contributed by atoms with Crippen molar-refractivity contribution in [2.24, 2.45) is 5.92 Å². The van der Waals surface area contributed by atoms with Crippen LogP contribution in [0.2, 0.25) is 0 Å². The van der Waals surface area contributed by atoms with Gasteiger partial charge in [0.15, 0.2) is 0 Å². The minimum Gasteiger partial charge on any atom is -0.358 e. The van der Waals surface area contributed by atoms with Crippen LogP contribution in [-0.2, 0) is 11.2 Å². The zero-order valence-corrected chi connectivity index (χ0v) is 14.4. The maximum absolute atomic E-state index is 11.5. The van der Waals surface area contributed by atoms with Crippen molar-refractivity contribution in [1.82, 2.24) is 14.9 Å². The Morgan fingerprint density at radius 1 is 1.43 bits per heavy atom. The molecule has 0 aliphatic carbocycles. The number of carbonyl (C=O) groups is 1. The minimum absolute atomic E-state index is 0.455. The Balaban J connectivity index is 2.46. The number of carbonyl (C=O) groups excluding carboxylic acids is 1. The molecule has 2 heterocycles. The van der Waals surface area contributed by atoms with E-state index < -0.39 is 11.9 Å². The van der Waals surface area contributed by atoms with E-state index in [2.05, 4.69) is 46.7 Å². The van der Waals surface area contributed by atoms with Crippen LogP contribution < -0.4 is 10.8 Å². The van der Waals surface area contributed by atoms with Crippen LogP contribution in [0, 0.1) is 9.49 Å². The molecule has 2 aromatic rings. The average Bonchev–Trinajstić information content (AvgIpc) is 2.74. The Labute approximate surface area is 137 Å². The number of aromatic nitrogens is 2. The molecular formula is C14H19IN4O2. The van der Waals surface area contributed by atoms with Crippen LogP contribution in [0.25, 0.3) is 5.65 Å². The van der Waals surface area contributed by atoms with E-state index in [-0.39, 0.29) is 0 Å². The van der Waals surface area contributed by atoms with Gasteiger partial charge in [-0.3, -0.25) is 14.4 Å². The van der Waals surface area contributed by atoms with Gasteiger partial charge in [-0.2, -0.15) is 0 Å². The minimum atomic E-state index is -0.557. The fourth-order valence-electron chi connectivity index (χ4n) is 2.12. The molecule has 0 saturated heterocycles. The van der Waals surface area contributed by atoms with Gasteiger partial charge >= 0.3 is 0 Å². The number of pyridine rings is 1. The maximum Gasteiger partial charge on any atom is 0.265 e. The van der Waals surface area contributed by atoms with Gasteiger partial charge in [0, 0.05) is 9.77 Å². The van der Waals surface area contributed by atoms with Gasteiger partial charge in [-0.15, -0.1) is 0 Å². The van der Waals surface area contributed by atoms with Crippen LogP contribution >= 0.6 is 22.6 Å². The number of imidazole rings is 1. The summed E-state index contributed by atoms with van der Waals surface area (Å²) < 4.78 is 3.02. The molecule has 0 bridgehead atoms. The maximum atomic E-state index is 11.5. The third-order valence-electron chi connectivity index (χ3n) is 3.11. The summed E-state index contributed by atoms with van der Waals surface area (Å²) in [6, 6.07) is 3.39. The standard InChI is InChI=1S/C14H19IN4O2/c1-8(2)6-11-13(16-9(3)14(20)18-21)19-7-10(15)4-5-12(19)17-11/h4-5,7-9,16,21H,6H2,1-3H3,(H,18,20). The lowest BCUT2D eigenvalue weighted by molar-refractivity contribution is -0.129. The van der Waals surface area contributed by atoms with Gasteiger partial charge in [0.1, 0.15) is 17.5 Å². The molecule has 6 nitrogen and oxygen atoms in total. The lowest BCUT2D eigenvalue weighted by Gasteiger charge is -2.15. The molecule has 3 N–H and O–H groups in total. The molecule has 0 aliphatic heterocycles. The van der Waals surface area contributed by atoms with Crippen LogP contribution in [0.4, 0.5) is 5.82 Å². The molecule has 0 aliphatic rings. The Morgan fingerprint density at radius 2 is 2.14 bits per heavy atom. The zero-order chi connectivity index (χ0) is 15.6. The molecule has 7 heteroatoms. The van der Waals surface area contributed by atoms with E-state index in [1.807, 2.05) is 22.7 Å². The monoisotopic (exact) mass is 402 g/mol. The number of nitrogens with one attached hydrogen (secondary N) is 2. The van der Waals surface area contributed by atoms with Crippen LogP contribution in [0.15, 0.2) is 18.3 Å². The summed E-state index contributed by atoms with van der Waals surface area (Å²) in [5.41, 5.74) is 3.42. The Kier molecular flexibility index (Phi) is 5.04. The van der Waals surface area contributed by atoms with E-state index in [1.165, 1.54) is 0 Å². The largest absolute Gasteiger partial charge is 0.358 e. The predicted molar refractivity (Wildman–Crippen MR) is 89.5 cm³/mol. The zero-order valence-electron chi connectivity index (χ0n) is 12.2. The molecule has 0 fully saturated rings. The van der Waals surface area contributed by atoms with Crippen molar-refractivity contribution >= 4 is 40.0 Å². The number of anilines is 1. The highest BCUT2D eigenvalue weighted by molar-refractivity contribution is 14.1. The van der Waals surface area contributed by atoms with Gasteiger partial charge < -0.3 is 5.32 Å². The summed E-state index contributed by atoms with van der Waals surface area (Å²) in [7, 11) is 0. The second kappa shape index (κ2) is 6.61. The molecule has 2 aromatic heterocycles. The van der Waals surface area contributed by atoms with Crippen LogP contribution in [0.5, 0.6) is 0 Å². The Hall–Kier alpha value is -1.35. The van der Waals surface area contributed by atoms with Crippen molar-refractivity contribution in [1.29, 1.82) is 0 Å². The molecule has 114 valence electrons. The van der Waals surface area contributed by atoms with Crippen molar-refractivity contribution in [3.8, 4) is 0 Å². The molecular weight excluding hydrogens is 383 g/mol. The van der Waals surface area contributed by atoms with E-state index in [1.54, 1.807) is 12.4 Å². The molecule has 1 unspecified atom stereocenters. The third-order valence-corrected chi connectivity index (χ3v) is 3.75. The van der Waals surface area contributed by atoms with Gasteiger partial charge in [-0.05, 0) is 54.0 Å². The molecule has 0 radical (unpaired) electrons. The summed E-state index contributed by atoms with van der Waals surface area (Å²) >= 11 is 2.24. The second-order valence-corrected chi connectivity index (χ2v) is 6.67. The van der Waals surface area contributed by atoms with Crippen molar-refractivity contribution in [2.75, 3.05) is 5.32 Å². The molecule has 21 heavy (non-hydrogen) atoms. The van der Waals surface area contributed by atoms with Gasteiger partial charge in [-0.1, -0.05) is 13.8 Å². The first kappa shape index (κ1) is 16.0. The van der Waals surface area contributed by atoms with Gasteiger partial charge in [-0.25, -0.2) is 10.5 Å². The lowest BCUT2D eigenvalue weighted by Crippen LogP contribution is -2.36. The Morgan fingerprint density at radius 3 is 2.76 bits per heavy atom. The molecule has 0 aromatic carbocycles. The highest BCUT2D eigenvalue weighted by Gasteiger charge is 2.18. The van der Waals surface area contributed by atoms with E-state index in [4.69, 9.17) is 5.21 Å². The number of rotatable bonds is 5. The smallest absolute Gasteiger partial charge is 0.265 e. The number of amides is 1. The number of hydroxylamine groups is 1. The second-order valence-electron chi connectivity index (χ2n) is 5.42. The summed E-state index contributed by atoms with van der Waals surface area (Å²) in [6.07, 6.45) is 2.78.